The first-order valence-corrected chi connectivity index (χ1v) is 5.50. The number of rotatable bonds is 1. The highest BCUT2D eigenvalue weighted by molar-refractivity contribution is 6.31. The van der Waals surface area contributed by atoms with Gasteiger partial charge in [0.25, 0.3) is 5.95 Å². The largest absolute Gasteiger partial charge is 0.256 e. The summed E-state index contributed by atoms with van der Waals surface area (Å²) >= 11 is 11.5. The molecule has 0 aliphatic carbocycles. The Morgan fingerprint density at radius 1 is 0.941 bits per heavy atom. The second-order valence-corrected chi connectivity index (χ2v) is 3.96. The normalized spacial score (nSPS) is 10.9. The van der Waals surface area contributed by atoms with Crippen LogP contribution in [0.2, 0.25) is 10.6 Å². The van der Waals surface area contributed by atoms with Gasteiger partial charge in [0, 0.05) is 5.39 Å². The van der Waals surface area contributed by atoms with Crippen molar-refractivity contribution in [1.29, 1.82) is 0 Å². The van der Waals surface area contributed by atoms with Gasteiger partial charge in [0.1, 0.15) is 0 Å². The Morgan fingerprint density at radius 2 is 1.65 bits per heavy atom. The number of halogens is 2. The number of nitrogens with zero attached hydrogens (tertiary/aromatic N) is 5. The zero-order valence-corrected chi connectivity index (χ0v) is 9.89. The minimum absolute atomic E-state index is 0.0413. The van der Waals surface area contributed by atoms with Crippen LogP contribution >= 0.6 is 23.2 Å². The van der Waals surface area contributed by atoms with Gasteiger partial charge in [-0.1, -0.05) is 18.2 Å². The summed E-state index contributed by atoms with van der Waals surface area (Å²) in [6, 6.07) is 7.70. The van der Waals surface area contributed by atoms with E-state index in [4.69, 9.17) is 23.2 Å². The van der Waals surface area contributed by atoms with E-state index in [9.17, 15) is 0 Å². The molecule has 0 spiro atoms. The third-order valence-corrected chi connectivity index (χ3v) is 2.57. The van der Waals surface area contributed by atoms with Crippen LogP contribution < -0.4 is 0 Å². The maximum Gasteiger partial charge on any atom is 0.256 e. The van der Waals surface area contributed by atoms with Crippen molar-refractivity contribution >= 4 is 34.1 Å². The summed E-state index contributed by atoms with van der Waals surface area (Å²) < 4.78 is 1.56. The third kappa shape index (κ3) is 1.83. The molecule has 0 saturated heterocycles. The van der Waals surface area contributed by atoms with Gasteiger partial charge in [0.15, 0.2) is 0 Å². The fraction of sp³-hybridized carbons (Fsp3) is 0. The van der Waals surface area contributed by atoms with Gasteiger partial charge in [-0.05, 0) is 29.3 Å². The topological polar surface area (TPSA) is 56.5 Å². The van der Waals surface area contributed by atoms with Gasteiger partial charge in [0.05, 0.1) is 11.7 Å². The van der Waals surface area contributed by atoms with Crippen molar-refractivity contribution in [3.63, 3.8) is 0 Å². The van der Waals surface area contributed by atoms with Crippen LogP contribution in [-0.4, -0.2) is 24.7 Å². The monoisotopic (exact) mass is 265 g/mol. The van der Waals surface area contributed by atoms with Gasteiger partial charge in [-0.2, -0.15) is 24.7 Å². The molecule has 0 radical (unpaired) electrons. The minimum Gasteiger partial charge on any atom is -0.198 e. The lowest BCUT2D eigenvalue weighted by Gasteiger charge is -2.01. The number of aromatic nitrogens is 5. The number of hydrogen-bond acceptors (Lipinski definition) is 4. The van der Waals surface area contributed by atoms with Gasteiger partial charge in [0.2, 0.25) is 10.6 Å². The van der Waals surface area contributed by atoms with E-state index in [0.29, 0.717) is 5.95 Å². The first-order valence-electron chi connectivity index (χ1n) is 4.74. The van der Waals surface area contributed by atoms with Crippen LogP contribution in [0, 0.1) is 0 Å². The predicted molar refractivity (Wildman–Crippen MR) is 64.5 cm³/mol. The van der Waals surface area contributed by atoms with Crippen molar-refractivity contribution in [2.75, 3.05) is 0 Å². The molecule has 0 aliphatic heterocycles. The molecule has 2 heterocycles. The first kappa shape index (κ1) is 10.4. The average molecular weight is 266 g/mol. The molecule has 1 aromatic carbocycles. The summed E-state index contributed by atoms with van der Waals surface area (Å²) in [6.45, 7) is 0. The zero-order valence-electron chi connectivity index (χ0n) is 8.38. The van der Waals surface area contributed by atoms with Crippen LogP contribution in [0.5, 0.6) is 0 Å². The van der Waals surface area contributed by atoms with Crippen molar-refractivity contribution < 1.29 is 0 Å². The van der Waals surface area contributed by atoms with E-state index in [-0.39, 0.29) is 10.6 Å². The third-order valence-electron chi connectivity index (χ3n) is 2.24. The molecule has 0 aliphatic rings. The quantitative estimate of drug-likeness (QED) is 0.679. The lowest BCUT2D eigenvalue weighted by atomic mass is 10.3. The molecule has 7 heteroatoms. The van der Waals surface area contributed by atoms with Gasteiger partial charge < -0.3 is 0 Å². The summed E-state index contributed by atoms with van der Waals surface area (Å²) in [4.78, 5) is 11.7. The molecule has 0 unspecified atom stereocenters. The minimum atomic E-state index is 0.0413. The summed E-state index contributed by atoms with van der Waals surface area (Å²) in [5.74, 6) is 0.302. The molecule has 0 amide bonds. The Morgan fingerprint density at radius 3 is 2.41 bits per heavy atom. The van der Waals surface area contributed by atoms with Crippen molar-refractivity contribution in [2.24, 2.45) is 0 Å². The second kappa shape index (κ2) is 3.94. The Balaban J connectivity index is 2.27. The van der Waals surface area contributed by atoms with E-state index < -0.39 is 0 Å². The van der Waals surface area contributed by atoms with Gasteiger partial charge in [-0.15, -0.1) is 0 Å². The molecule has 0 atom stereocenters. The van der Waals surface area contributed by atoms with Crippen LogP contribution in [0.1, 0.15) is 0 Å². The molecule has 5 nitrogen and oxygen atoms in total. The maximum absolute atomic E-state index is 5.73. The van der Waals surface area contributed by atoms with Crippen LogP contribution in [-0.2, 0) is 0 Å². The van der Waals surface area contributed by atoms with Crippen molar-refractivity contribution in [3.8, 4) is 5.95 Å². The molecular weight excluding hydrogens is 261 g/mol. The Bertz CT molecular complexity index is 674. The maximum atomic E-state index is 5.73. The highest BCUT2D eigenvalue weighted by atomic mass is 35.5. The van der Waals surface area contributed by atoms with Gasteiger partial charge >= 0.3 is 0 Å². The summed E-state index contributed by atoms with van der Waals surface area (Å²) in [5, 5.41) is 5.26. The van der Waals surface area contributed by atoms with E-state index in [1.54, 1.807) is 10.9 Å². The van der Waals surface area contributed by atoms with Crippen LogP contribution in [0.4, 0.5) is 0 Å². The molecule has 3 aromatic rings. The highest BCUT2D eigenvalue weighted by Gasteiger charge is 2.09. The molecule has 84 valence electrons. The van der Waals surface area contributed by atoms with Crippen LogP contribution in [0.3, 0.4) is 0 Å². The fourth-order valence-corrected chi connectivity index (χ4v) is 1.90. The molecule has 0 bridgehead atoms. The Kier molecular flexibility index (Phi) is 2.42. The lowest BCUT2D eigenvalue weighted by molar-refractivity contribution is 0.817. The molecule has 0 N–H and O–H groups in total. The van der Waals surface area contributed by atoms with E-state index in [2.05, 4.69) is 20.1 Å². The lowest BCUT2D eigenvalue weighted by Crippen LogP contribution is -2.04. The SMILES string of the molecule is Clc1nc(Cl)nc(-n2ncc3ccccc32)n1. The first-order chi connectivity index (χ1) is 8.24. The summed E-state index contributed by atoms with van der Waals surface area (Å²) in [5.41, 5.74) is 0.880. The van der Waals surface area contributed by atoms with E-state index >= 15 is 0 Å². The number of benzene rings is 1. The van der Waals surface area contributed by atoms with Crippen molar-refractivity contribution in [1.82, 2.24) is 24.7 Å². The predicted octanol–water partition coefficient (Wildman–Crippen LogP) is 2.52. The number of hydrogen-bond donors (Lipinski definition) is 0. The molecule has 3 rings (SSSR count). The Labute approximate surface area is 106 Å². The molecular formula is C10H5Cl2N5. The molecule has 0 fully saturated rings. The van der Waals surface area contributed by atoms with Gasteiger partial charge in [-0.25, -0.2) is 0 Å². The van der Waals surface area contributed by atoms with Crippen molar-refractivity contribution in [2.45, 2.75) is 0 Å². The van der Waals surface area contributed by atoms with E-state index in [1.165, 1.54) is 0 Å². The zero-order chi connectivity index (χ0) is 11.8. The molecule has 2 aromatic heterocycles. The van der Waals surface area contributed by atoms with Gasteiger partial charge in [-0.3, -0.25) is 0 Å². The molecule has 17 heavy (non-hydrogen) atoms. The molecule has 0 saturated carbocycles. The van der Waals surface area contributed by atoms with Crippen LogP contribution in [0.15, 0.2) is 30.5 Å². The fourth-order valence-electron chi connectivity index (χ4n) is 1.54. The Hall–Kier alpha value is -1.72. The average Bonchev–Trinajstić information content (AvgIpc) is 2.71. The van der Waals surface area contributed by atoms with E-state index in [0.717, 1.165) is 10.9 Å². The highest BCUT2D eigenvalue weighted by Crippen LogP contribution is 2.17. The van der Waals surface area contributed by atoms with Crippen molar-refractivity contribution in [3.05, 3.63) is 41.0 Å². The second-order valence-electron chi connectivity index (χ2n) is 3.29. The number of fused-ring (bicyclic) bond motifs is 1. The number of para-hydroxylation sites is 1. The standard InChI is InChI=1S/C10H5Cl2N5/c11-8-14-9(12)16-10(15-8)17-7-4-2-1-3-6(7)5-13-17/h1-5H. The van der Waals surface area contributed by atoms with Crippen LogP contribution in [0.25, 0.3) is 16.9 Å². The summed E-state index contributed by atoms with van der Waals surface area (Å²) in [7, 11) is 0. The van der Waals surface area contributed by atoms with E-state index in [1.807, 2.05) is 24.3 Å². The smallest absolute Gasteiger partial charge is 0.198 e. The summed E-state index contributed by atoms with van der Waals surface area (Å²) in [6.07, 6.45) is 1.72.